The fourth-order valence-electron chi connectivity index (χ4n) is 3.04. The van der Waals surface area contributed by atoms with Crippen molar-refractivity contribution in [1.29, 1.82) is 0 Å². The van der Waals surface area contributed by atoms with Gasteiger partial charge in [-0.25, -0.2) is 9.48 Å². The summed E-state index contributed by atoms with van der Waals surface area (Å²) in [5.74, 6) is 0.215. The zero-order valence-electron chi connectivity index (χ0n) is 18.9. The highest BCUT2D eigenvalue weighted by molar-refractivity contribution is 6.43. The van der Waals surface area contributed by atoms with Gasteiger partial charge < -0.3 is 19.1 Å². The first-order chi connectivity index (χ1) is 16.3. The van der Waals surface area contributed by atoms with Gasteiger partial charge in [0.05, 0.1) is 29.6 Å². The summed E-state index contributed by atoms with van der Waals surface area (Å²) in [4.78, 5) is 22.4. The van der Waals surface area contributed by atoms with Crippen LogP contribution in [0.5, 0.6) is 11.6 Å². The van der Waals surface area contributed by atoms with Crippen LogP contribution < -0.4 is 4.74 Å². The van der Waals surface area contributed by atoms with Crippen LogP contribution in [0, 0.1) is 6.92 Å². The molecule has 0 aliphatic carbocycles. The SMILES string of the molecule is CO/N=C(/C(=O)OC)c1ccccc1CO/N=C\c1c(C)nn(C)c1Oc1ccc(Cl)cc1Cl. The molecule has 0 saturated carbocycles. The predicted octanol–water partition coefficient (Wildman–Crippen LogP) is 4.90. The molecule has 0 unspecified atom stereocenters. The van der Waals surface area contributed by atoms with Gasteiger partial charge in [-0.3, -0.25) is 0 Å². The highest BCUT2D eigenvalue weighted by atomic mass is 35.5. The van der Waals surface area contributed by atoms with Gasteiger partial charge >= 0.3 is 5.97 Å². The van der Waals surface area contributed by atoms with Gasteiger partial charge in [0.25, 0.3) is 0 Å². The smallest absolute Gasteiger partial charge is 0.360 e. The maximum absolute atomic E-state index is 12.1. The molecule has 0 aliphatic heterocycles. The minimum Gasteiger partial charge on any atom is -0.464 e. The van der Waals surface area contributed by atoms with E-state index in [9.17, 15) is 4.79 Å². The second kappa shape index (κ2) is 11.5. The van der Waals surface area contributed by atoms with Crippen molar-refractivity contribution in [2.45, 2.75) is 13.5 Å². The van der Waals surface area contributed by atoms with Gasteiger partial charge in [0.15, 0.2) is 5.71 Å². The van der Waals surface area contributed by atoms with E-state index in [0.29, 0.717) is 44.1 Å². The van der Waals surface area contributed by atoms with E-state index in [1.54, 1.807) is 54.2 Å². The third-order valence-corrected chi connectivity index (χ3v) is 5.16. The monoisotopic (exact) mass is 504 g/mol. The summed E-state index contributed by atoms with van der Waals surface area (Å²) in [6.07, 6.45) is 1.49. The average molecular weight is 505 g/mol. The summed E-state index contributed by atoms with van der Waals surface area (Å²) in [5, 5.41) is 13.1. The van der Waals surface area contributed by atoms with Gasteiger partial charge in [0, 0.05) is 23.2 Å². The van der Waals surface area contributed by atoms with Crippen LogP contribution in [0.2, 0.25) is 10.0 Å². The molecule has 0 radical (unpaired) electrons. The summed E-state index contributed by atoms with van der Waals surface area (Å²) >= 11 is 12.2. The van der Waals surface area contributed by atoms with Gasteiger partial charge in [0.1, 0.15) is 19.5 Å². The minimum atomic E-state index is -0.633. The van der Waals surface area contributed by atoms with Gasteiger partial charge in [-0.1, -0.05) is 57.8 Å². The molecule has 0 bridgehead atoms. The zero-order valence-corrected chi connectivity index (χ0v) is 20.4. The Morgan fingerprint density at radius 2 is 1.94 bits per heavy atom. The first kappa shape index (κ1) is 25.1. The first-order valence-electron chi connectivity index (χ1n) is 9.95. The Kier molecular flexibility index (Phi) is 8.50. The molecule has 0 N–H and O–H groups in total. The normalized spacial score (nSPS) is 11.5. The third-order valence-electron chi connectivity index (χ3n) is 4.62. The summed E-state index contributed by atoms with van der Waals surface area (Å²) < 4.78 is 12.3. The highest BCUT2D eigenvalue weighted by Crippen LogP contribution is 2.33. The second-order valence-electron chi connectivity index (χ2n) is 6.88. The molecule has 1 heterocycles. The van der Waals surface area contributed by atoms with E-state index in [1.165, 1.54) is 20.4 Å². The van der Waals surface area contributed by atoms with Gasteiger partial charge in [-0.05, 0) is 25.1 Å². The molecule has 0 spiro atoms. The van der Waals surface area contributed by atoms with E-state index in [4.69, 9.17) is 42.4 Å². The topological polar surface area (TPSA) is 96.5 Å². The van der Waals surface area contributed by atoms with Crippen molar-refractivity contribution in [3.05, 3.63) is 74.9 Å². The second-order valence-corrected chi connectivity index (χ2v) is 7.73. The predicted molar refractivity (Wildman–Crippen MR) is 129 cm³/mol. The lowest BCUT2D eigenvalue weighted by atomic mass is 10.0. The van der Waals surface area contributed by atoms with Crippen LogP contribution in [0.15, 0.2) is 52.8 Å². The Morgan fingerprint density at radius 1 is 1.18 bits per heavy atom. The fourth-order valence-corrected chi connectivity index (χ4v) is 3.49. The van der Waals surface area contributed by atoms with E-state index in [1.807, 2.05) is 6.92 Å². The molecular weight excluding hydrogens is 483 g/mol. The van der Waals surface area contributed by atoms with E-state index >= 15 is 0 Å². The molecule has 3 rings (SSSR count). The Labute approximate surface area is 206 Å². The number of esters is 1. The van der Waals surface area contributed by atoms with Crippen molar-refractivity contribution in [1.82, 2.24) is 9.78 Å². The molecule has 0 saturated heterocycles. The molecule has 178 valence electrons. The molecule has 0 atom stereocenters. The first-order valence-corrected chi connectivity index (χ1v) is 10.7. The van der Waals surface area contributed by atoms with Crippen molar-refractivity contribution in [3.63, 3.8) is 0 Å². The van der Waals surface area contributed by atoms with E-state index in [-0.39, 0.29) is 12.3 Å². The number of ether oxygens (including phenoxy) is 2. The number of aromatic nitrogens is 2. The lowest BCUT2D eigenvalue weighted by molar-refractivity contribution is -0.132. The lowest BCUT2D eigenvalue weighted by Crippen LogP contribution is -2.19. The Morgan fingerprint density at radius 3 is 2.65 bits per heavy atom. The van der Waals surface area contributed by atoms with Crippen molar-refractivity contribution in [2.75, 3.05) is 14.2 Å². The van der Waals surface area contributed by atoms with Crippen molar-refractivity contribution >= 4 is 41.1 Å². The number of hydrogen-bond donors (Lipinski definition) is 0. The molecule has 9 nitrogen and oxygen atoms in total. The Hall–Kier alpha value is -3.56. The molecule has 0 fully saturated rings. The quantitative estimate of drug-likeness (QED) is 0.233. The number of methoxy groups -OCH3 is 1. The number of rotatable bonds is 9. The Bertz CT molecular complexity index is 1240. The summed E-state index contributed by atoms with van der Waals surface area (Å²) in [5.41, 5.74) is 2.47. The third kappa shape index (κ3) is 5.86. The number of nitrogens with zero attached hydrogens (tertiary/aromatic N) is 4. The van der Waals surface area contributed by atoms with Crippen LogP contribution in [-0.4, -0.2) is 41.9 Å². The van der Waals surface area contributed by atoms with Crippen LogP contribution in [0.3, 0.4) is 0 Å². The molecular formula is C23H22Cl2N4O5. The van der Waals surface area contributed by atoms with Crippen LogP contribution >= 0.6 is 23.2 Å². The van der Waals surface area contributed by atoms with Gasteiger partial charge in [-0.15, -0.1) is 0 Å². The highest BCUT2D eigenvalue weighted by Gasteiger charge is 2.19. The molecule has 34 heavy (non-hydrogen) atoms. The fraction of sp³-hybridized carbons (Fsp3) is 0.217. The number of aryl methyl sites for hydroxylation is 2. The van der Waals surface area contributed by atoms with Gasteiger partial charge in [0.2, 0.25) is 5.88 Å². The zero-order chi connectivity index (χ0) is 24.7. The maximum atomic E-state index is 12.1. The van der Waals surface area contributed by atoms with Gasteiger partial charge in [-0.2, -0.15) is 5.10 Å². The van der Waals surface area contributed by atoms with E-state index < -0.39 is 5.97 Å². The molecule has 0 amide bonds. The number of halogens is 2. The van der Waals surface area contributed by atoms with Crippen LogP contribution in [0.25, 0.3) is 0 Å². The minimum absolute atomic E-state index is 0.0202. The number of hydrogen-bond acceptors (Lipinski definition) is 8. The molecule has 1 aromatic heterocycles. The lowest BCUT2D eigenvalue weighted by Gasteiger charge is -2.10. The van der Waals surface area contributed by atoms with E-state index in [0.717, 1.165) is 0 Å². The van der Waals surface area contributed by atoms with Crippen molar-refractivity contribution < 1.29 is 23.9 Å². The number of oxime groups is 2. The molecule has 0 aliphatic rings. The summed E-state index contributed by atoms with van der Waals surface area (Å²) in [7, 11) is 4.35. The molecule has 2 aromatic carbocycles. The maximum Gasteiger partial charge on any atom is 0.360 e. The summed E-state index contributed by atoms with van der Waals surface area (Å²) in [6, 6.07) is 12.0. The largest absolute Gasteiger partial charge is 0.464 e. The average Bonchev–Trinajstić information content (AvgIpc) is 3.08. The number of carbonyl (C=O) groups is 1. The van der Waals surface area contributed by atoms with Crippen molar-refractivity contribution in [3.8, 4) is 11.6 Å². The van der Waals surface area contributed by atoms with Crippen LogP contribution in [0.1, 0.15) is 22.4 Å². The van der Waals surface area contributed by atoms with E-state index in [2.05, 4.69) is 15.4 Å². The Balaban J connectivity index is 1.79. The summed E-state index contributed by atoms with van der Waals surface area (Å²) in [6.45, 7) is 1.88. The van der Waals surface area contributed by atoms with Crippen LogP contribution in [0.4, 0.5) is 0 Å². The molecule has 3 aromatic rings. The number of carbonyl (C=O) groups excluding carboxylic acids is 1. The number of benzene rings is 2. The standard InChI is InChI=1S/C23H22Cl2N4O5/c1-14-18(22(29(2)27-14)34-20-10-9-16(24)11-19(20)25)12-26-33-13-15-7-5-6-8-17(15)21(28-32-4)23(30)31-3/h5-12H,13H2,1-4H3/b26-12-,28-21+. The van der Waals surface area contributed by atoms with Crippen molar-refractivity contribution in [2.24, 2.45) is 17.4 Å². The molecule has 11 heteroatoms. The van der Waals surface area contributed by atoms with Crippen LogP contribution in [-0.2, 0) is 32.9 Å².